The number of carbonyl (C=O) groups is 2. The molecule has 1 N–H and O–H groups in total. The van der Waals surface area contributed by atoms with E-state index >= 15 is 0 Å². The van der Waals surface area contributed by atoms with Crippen LogP contribution in [0.1, 0.15) is 37.4 Å². The Hall–Kier alpha value is -2.44. The van der Waals surface area contributed by atoms with Gasteiger partial charge in [0.1, 0.15) is 6.04 Å². The highest BCUT2D eigenvalue weighted by molar-refractivity contribution is 8.00. The van der Waals surface area contributed by atoms with Crippen LogP contribution in [-0.2, 0) is 23.2 Å². The molecule has 7 heteroatoms. The zero-order chi connectivity index (χ0) is 22.8. The minimum Gasteiger partial charge on any atom is -0.354 e. The van der Waals surface area contributed by atoms with Crippen molar-refractivity contribution in [3.8, 4) is 0 Å². The van der Waals surface area contributed by atoms with Crippen LogP contribution in [0.4, 0.5) is 0 Å². The molecule has 0 fully saturated rings. The van der Waals surface area contributed by atoms with Crippen LogP contribution in [0.25, 0.3) is 10.9 Å². The second-order valence-corrected chi connectivity index (χ2v) is 9.94. The molecule has 0 spiro atoms. The molecule has 168 valence electrons. The van der Waals surface area contributed by atoms with E-state index in [1.165, 1.54) is 11.8 Å². The van der Waals surface area contributed by atoms with Gasteiger partial charge in [-0.3, -0.25) is 9.59 Å². The number of benzene rings is 2. The number of hydrogen-bond donors (Lipinski definition) is 1. The first-order chi connectivity index (χ1) is 15.4. The molecule has 2 heterocycles. The topological polar surface area (TPSA) is 54.3 Å². The molecule has 2 amide bonds. The summed E-state index contributed by atoms with van der Waals surface area (Å²) >= 11 is 7.93. The summed E-state index contributed by atoms with van der Waals surface area (Å²) in [5, 5.41) is 5.65. The Morgan fingerprint density at radius 1 is 1.19 bits per heavy atom. The Balaban J connectivity index is 1.82. The summed E-state index contributed by atoms with van der Waals surface area (Å²) in [6.07, 6.45) is 0.883. The molecule has 4 rings (SSSR count). The van der Waals surface area contributed by atoms with Crippen LogP contribution in [0.15, 0.2) is 53.6 Å². The summed E-state index contributed by atoms with van der Waals surface area (Å²) in [5.41, 5.74) is 2.78. The lowest BCUT2D eigenvalue weighted by Gasteiger charge is -2.30. The van der Waals surface area contributed by atoms with Gasteiger partial charge in [-0.2, -0.15) is 0 Å². The molecule has 1 aromatic heterocycles. The summed E-state index contributed by atoms with van der Waals surface area (Å²) in [7, 11) is 2.00. The van der Waals surface area contributed by atoms with E-state index in [4.69, 9.17) is 11.6 Å². The molecule has 32 heavy (non-hydrogen) atoms. The highest BCUT2D eigenvalue weighted by Gasteiger charge is 2.39. The normalized spacial score (nSPS) is 16.3. The largest absolute Gasteiger partial charge is 0.354 e. The van der Waals surface area contributed by atoms with Gasteiger partial charge in [0, 0.05) is 41.6 Å². The fraction of sp³-hybridized carbons (Fsp3) is 0.360. The third-order valence-corrected chi connectivity index (χ3v) is 7.42. The van der Waals surface area contributed by atoms with Crippen molar-refractivity contribution in [1.29, 1.82) is 0 Å². The molecule has 2 aromatic carbocycles. The number of hydrogen-bond acceptors (Lipinski definition) is 3. The van der Waals surface area contributed by atoms with Gasteiger partial charge in [0.05, 0.1) is 10.8 Å². The molecule has 1 aliphatic rings. The van der Waals surface area contributed by atoms with E-state index in [0.717, 1.165) is 33.5 Å². The maximum atomic E-state index is 13.6. The fourth-order valence-corrected chi connectivity index (χ4v) is 5.48. The van der Waals surface area contributed by atoms with Crippen molar-refractivity contribution in [3.63, 3.8) is 0 Å². The maximum Gasteiger partial charge on any atom is 0.247 e. The number of rotatable bonds is 6. The van der Waals surface area contributed by atoms with Crippen LogP contribution >= 0.6 is 23.4 Å². The number of aryl methyl sites for hydroxylation is 1. The summed E-state index contributed by atoms with van der Waals surface area (Å²) in [6.45, 7) is 5.12. The molecular weight excluding hydrogens is 442 g/mol. The standard InChI is InChI=1S/C25H28ClN3O2S/c1-16(2)12-13-27-24(31)23-22-18-9-5-7-11-20(18)28(3)25(22)32-15-21(30)29(23)14-17-8-4-6-10-19(17)26/h4-11,16,23H,12-15H2,1-3H3,(H,27,31)/t23-/m1/s1. The molecule has 0 radical (unpaired) electrons. The first-order valence-electron chi connectivity index (χ1n) is 10.9. The van der Waals surface area contributed by atoms with Crippen LogP contribution in [0, 0.1) is 5.92 Å². The quantitative estimate of drug-likeness (QED) is 0.541. The average Bonchev–Trinajstić information content (AvgIpc) is 2.95. The van der Waals surface area contributed by atoms with Crippen molar-refractivity contribution in [2.24, 2.45) is 13.0 Å². The van der Waals surface area contributed by atoms with Gasteiger partial charge in [-0.25, -0.2) is 0 Å². The monoisotopic (exact) mass is 469 g/mol. The lowest BCUT2D eigenvalue weighted by atomic mass is 10.0. The van der Waals surface area contributed by atoms with E-state index in [0.29, 0.717) is 17.5 Å². The van der Waals surface area contributed by atoms with Gasteiger partial charge in [-0.15, -0.1) is 0 Å². The zero-order valence-electron chi connectivity index (χ0n) is 18.6. The molecule has 1 atom stereocenters. The first kappa shape index (κ1) is 22.7. The SMILES string of the molecule is CC(C)CCNC(=O)[C@H]1c2c(n(C)c3ccccc23)SCC(=O)N1Cc1ccccc1Cl. The minimum absolute atomic E-state index is 0.0702. The number of fused-ring (bicyclic) bond motifs is 3. The third kappa shape index (κ3) is 4.39. The number of nitrogens with zero attached hydrogens (tertiary/aromatic N) is 2. The molecule has 0 saturated heterocycles. The van der Waals surface area contributed by atoms with Crippen molar-refractivity contribution in [1.82, 2.24) is 14.8 Å². The third-order valence-electron chi connectivity index (χ3n) is 5.90. The molecular formula is C25H28ClN3O2S. The lowest BCUT2D eigenvalue weighted by Crippen LogP contribution is -2.43. The van der Waals surface area contributed by atoms with Crippen LogP contribution in [0.5, 0.6) is 0 Å². The molecule has 3 aromatic rings. The van der Waals surface area contributed by atoms with Crippen LogP contribution in [0.2, 0.25) is 5.02 Å². The Morgan fingerprint density at radius 3 is 2.66 bits per heavy atom. The number of para-hydroxylation sites is 1. The lowest BCUT2D eigenvalue weighted by molar-refractivity contribution is -0.139. The fourth-order valence-electron chi connectivity index (χ4n) is 4.19. The number of thioether (sulfide) groups is 1. The number of halogens is 1. The molecule has 5 nitrogen and oxygen atoms in total. The Morgan fingerprint density at radius 2 is 1.91 bits per heavy atom. The van der Waals surface area contributed by atoms with Crippen molar-refractivity contribution in [3.05, 3.63) is 64.7 Å². The molecule has 1 aliphatic heterocycles. The predicted molar refractivity (Wildman–Crippen MR) is 131 cm³/mol. The van der Waals surface area contributed by atoms with Gasteiger partial charge in [-0.1, -0.05) is 73.6 Å². The second kappa shape index (κ2) is 9.59. The van der Waals surface area contributed by atoms with E-state index < -0.39 is 6.04 Å². The van der Waals surface area contributed by atoms with Crippen molar-refractivity contribution >= 4 is 46.1 Å². The van der Waals surface area contributed by atoms with E-state index in [2.05, 4.69) is 29.8 Å². The molecule has 0 unspecified atom stereocenters. The number of aromatic nitrogens is 1. The van der Waals surface area contributed by atoms with Crippen molar-refractivity contribution in [2.75, 3.05) is 12.3 Å². The van der Waals surface area contributed by atoms with E-state index in [-0.39, 0.29) is 24.1 Å². The van der Waals surface area contributed by atoms with E-state index in [1.807, 2.05) is 49.5 Å². The molecule has 0 saturated carbocycles. The highest BCUT2D eigenvalue weighted by atomic mass is 35.5. The summed E-state index contributed by atoms with van der Waals surface area (Å²) in [4.78, 5) is 28.6. The smallest absolute Gasteiger partial charge is 0.247 e. The van der Waals surface area contributed by atoms with Gasteiger partial charge in [0.25, 0.3) is 0 Å². The highest BCUT2D eigenvalue weighted by Crippen LogP contribution is 2.42. The van der Waals surface area contributed by atoms with E-state index in [9.17, 15) is 9.59 Å². The summed E-state index contributed by atoms with van der Waals surface area (Å²) in [5.74, 6) is 0.538. The Labute approximate surface area is 198 Å². The minimum atomic E-state index is -0.720. The van der Waals surface area contributed by atoms with Crippen LogP contribution in [0.3, 0.4) is 0 Å². The number of amides is 2. The first-order valence-corrected chi connectivity index (χ1v) is 12.3. The average molecular weight is 470 g/mol. The maximum absolute atomic E-state index is 13.6. The van der Waals surface area contributed by atoms with Crippen molar-refractivity contribution < 1.29 is 9.59 Å². The van der Waals surface area contributed by atoms with Gasteiger partial charge in [0.2, 0.25) is 11.8 Å². The predicted octanol–water partition coefficient (Wildman–Crippen LogP) is 5.17. The van der Waals surface area contributed by atoms with Crippen molar-refractivity contribution in [2.45, 2.75) is 37.9 Å². The van der Waals surface area contributed by atoms with Crippen LogP contribution < -0.4 is 5.32 Å². The second-order valence-electron chi connectivity index (χ2n) is 8.57. The zero-order valence-corrected chi connectivity index (χ0v) is 20.2. The van der Waals surface area contributed by atoms with Gasteiger partial charge >= 0.3 is 0 Å². The Kier molecular flexibility index (Phi) is 6.82. The molecule has 0 bridgehead atoms. The summed E-state index contributed by atoms with van der Waals surface area (Å²) < 4.78 is 2.09. The van der Waals surface area contributed by atoms with Gasteiger partial charge < -0.3 is 14.8 Å². The number of nitrogens with one attached hydrogen (secondary N) is 1. The van der Waals surface area contributed by atoms with Crippen LogP contribution in [-0.4, -0.2) is 33.6 Å². The summed E-state index contributed by atoms with van der Waals surface area (Å²) in [6, 6.07) is 14.8. The Bertz CT molecular complexity index is 1160. The van der Waals surface area contributed by atoms with E-state index in [1.54, 1.807) is 4.90 Å². The molecule has 0 aliphatic carbocycles. The number of carbonyl (C=O) groups excluding carboxylic acids is 2. The van der Waals surface area contributed by atoms with Gasteiger partial charge in [-0.05, 0) is 30.0 Å². The van der Waals surface area contributed by atoms with Gasteiger partial charge in [0.15, 0.2) is 0 Å².